The van der Waals surface area contributed by atoms with E-state index in [-0.39, 0.29) is 11.3 Å². The molecule has 0 saturated heterocycles. The lowest BCUT2D eigenvalue weighted by molar-refractivity contribution is 0.0697. The first-order chi connectivity index (χ1) is 9.08. The van der Waals surface area contributed by atoms with E-state index < -0.39 is 12.1 Å². The molecule has 0 aliphatic carbocycles. The molecule has 3 N–H and O–H groups in total. The van der Waals surface area contributed by atoms with E-state index in [2.05, 4.69) is 10.3 Å². The van der Waals surface area contributed by atoms with Gasteiger partial charge in [-0.3, -0.25) is 5.32 Å². The van der Waals surface area contributed by atoms with Crippen LogP contribution in [0.25, 0.3) is 0 Å². The first-order valence-electron chi connectivity index (χ1n) is 5.53. The van der Waals surface area contributed by atoms with Crippen LogP contribution in [0.1, 0.15) is 16.1 Å². The van der Waals surface area contributed by atoms with Gasteiger partial charge in [0.25, 0.3) is 0 Å². The summed E-state index contributed by atoms with van der Waals surface area (Å²) >= 11 is 0. The second-order valence-corrected chi connectivity index (χ2v) is 3.84. The molecule has 0 bridgehead atoms. The quantitative estimate of drug-likeness (QED) is 0.791. The van der Waals surface area contributed by atoms with Crippen molar-refractivity contribution in [3.63, 3.8) is 0 Å². The lowest BCUT2D eigenvalue weighted by Crippen LogP contribution is -2.18. The number of carbonyl (C=O) groups excluding carboxylic acids is 1. The van der Waals surface area contributed by atoms with E-state index >= 15 is 0 Å². The van der Waals surface area contributed by atoms with Gasteiger partial charge < -0.3 is 14.8 Å². The molecule has 0 unspecified atom stereocenters. The van der Waals surface area contributed by atoms with Gasteiger partial charge in [-0.25, -0.2) is 9.59 Å². The van der Waals surface area contributed by atoms with Crippen molar-refractivity contribution < 1.29 is 19.4 Å². The lowest BCUT2D eigenvalue weighted by Gasteiger charge is -2.06. The standard InChI is InChI=1S/C13H12N2O4/c1-8-11(12(16)17)10(7-14-8)15-13(18)19-9-5-3-2-4-6-9/h2-7,14H,1H3,(H,15,18)(H,16,17). The van der Waals surface area contributed by atoms with Crippen LogP contribution in [-0.4, -0.2) is 22.2 Å². The van der Waals surface area contributed by atoms with Crippen LogP contribution in [0.15, 0.2) is 36.5 Å². The summed E-state index contributed by atoms with van der Waals surface area (Å²) in [6, 6.07) is 8.50. The minimum absolute atomic E-state index is 0.0185. The monoisotopic (exact) mass is 260 g/mol. The summed E-state index contributed by atoms with van der Waals surface area (Å²) in [7, 11) is 0. The van der Waals surface area contributed by atoms with E-state index in [0.29, 0.717) is 11.4 Å². The fourth-order valence-electron chi connectivity index (χ4n) is 1.63. The van der Waals surface area contributed by atoms with E-state index in [4.69, 9.17) is 9.84 Å². The number of aryl methyl sites for hydroxylation is 1. The normalized spacial score (nSPS) is 9.95. The van der Waals surface area contributed by atoms with Crippen molar-refractivity contribution >= 4 is 17.7 Å². The van der Waals surface area contributed by atoms with Gasteiger partial charge in [0.15, 0.2) is 0 Å². The number of hydrogen-bond donors (Lipinski definition) is 3. The fraction of sp³-hybridized carbons (Fsp3) is 0.0769. The van der Waals surface area contributed by atoms with E-state index in [9.17, 15) is 9.59 Å². The van der Waals surface area contributed by atoms with Crippen molar-refractivity contribution in [2.24, 2.45) is 0 Å². The Labute approximate surface area is 109 Å². The maximum absolute atomic E-state index is 11.6. The van der Waals surface area contributed by atoms with Gasteiger partial charge in [0, 0.05) is 11.9 Å². The van der Waals surface area contributed by atoms with Crippen LogP contribution >= 0.6 is 0 Å². The number of hydrogen-bond acceptors (Lipinski definition) is 3. The highest BCUT2D eigenvalue weighted by Gasteiger charge is 2.17. The Morgan fingerprint density at radius 1 is 1.26 bits per heavy atom. The number of carboxylic acid groups (broad SMARTS) is 1. The Balaban J connectivity index is 2.10. The van der Waals surface area contributed by atoms with Gasteiger partial charge in [0.05, 0.1) is 5.69 Å². The zero-order valence-electron chi connectivity index (χ0n) is 10.1. The molecule has 2 rings (SSSR count). The van der Waals surface area contributed by atoms with E-state index in [1.165, 1.54) is 6.20 Å². The highest BCUT2D eigenvalue weighted by atomic mass is 16.6. The number of aromatic nitrogens is 1. The van der Waals surface area contributed by atoms with Crippen LogP contribution in [0.5, 0.6) is 5.75 Å². The minimum atomic E-state index is -1.12. The van der Waals surface area contributed by atoms with Crippen molar-refractivity contribution in [1.29, 1.82) is 0 Å². The highest BCUT2D eigenvalue weighted by molar-refractivity contribution is 6.00. The van der Waals surface area contributed by atoms with Gasteiger partial charge in [-0.15, -0.1) is 0 Å². The summed E-state index contributed by atoms with van der Waals surface area (Å²) in [6.45, 7) is 1.61. The van der Waals surface area contributed by atoms with Gasteiger partial charge in [0.2, 0.25) is 0 Å². The third-order valence-electron chi connectivity index (χ3n) is 2.48. The number of benzene rings is 1. The third kappa shape index (κ3) is 2.92. The largest absolute Gasteiger partial charge is 0.478 e. The van der Waals surface area contributed by atoms with Gasteiger partial charge in [-0.05, 0) is 19.1 Å². The molecule has 0 aliphatic rings. The molecule has 0 spiro atoms. The van der Waals surface area contributed by atoms with Crippen LogP contribution in [-0.2, 0) is 0 Å². The molecule has 1 aromatic carbocycles. The van der Waals surface area contributed by atoms with E-state index in [0.717, 1.165) is 0 Å². The fourth-order valence-corrected chi connectivity index (χ4v) is 1.63. The molecule has 1 aromatic heterocycles. The summed E-state index contributed by atoms with van der Waals surface area (Å²) in [5.41, 5.74) is 0.651. The number of amides is 1. The molecule has 0 saturated carbocycles. The van der Waals surface area contributed by atoms with Gasteiger partial charge >= 0.3 is 12.1 Å². The molecule has 2 aromatic rings. The summed E-state index contributed by atoms with van der Waals surface area (Å²) in [5.74, 6) is -0.738. The Hall–Kier alpha value is -2.76. The number of para-hydroxylation sites is 1. The van der Waals surface area contributed by atoms with Gasteiger partial charge in [-0.1, -0.05) is 18.2 Å². The molecule has 0 atom stereocenters. The van der Waals surface area contributed by atoms with Crippen molar-refractivity contribution in [2.45, 2.75) is 6.92 Å². The zero-order valence-corrected chi connectivity index (χ0v) is 10.1. The molecule has 1 amide bonds. The molecular weight excluding hydrogens is 248 g/mol. The maximum atomic E-state index is 11.6. The molecule has 0 radical (unpaired) electrons. The first-order valence-corrected chi connectivity index (χ1v) is 5.53. The molecule has 19 heavy (non-hydrogen) atoms. The first kappa shape index (κ1) is 12.7. The maximum Gasteiger partial charge on any atom is 0.417 e. The molecule has 0 fully saturated rings. The van der Waals surface area contributed by atoms with Crippen molar-refractivity contribution in [3.8, 4) is 5.75 Å². The lowest BCUT2D eigenvalue weighted by atomic mass is 10.2. The Morgan fingerprint density at radius 3 is 2.58 bits per heavy atom. The second kappa shape index (κ2) is 5.26. The summed E-state index contributed by atoms with van der Waals surface area (Å²) in [5, 5.41) is 11.4. The Bertz CT molecular complexity index is 604. The van der Waals surface area contributed by atoms with Crippen LogP contribution in [0, 0.1) is 6.92 Å². The van der Waals surface area contributed by atoms with Gasteiger partial charge in [0.1, 0.15) is 11.3 Å². The number of rotatable bonds is 3. The van der Waals surface area contributed by atoms with Crippen molar-refractivity contribution in [1.82, 2.24) is 4.98 Å². The number of H-pyrrole nitrogens is 1. The topological polar surface area (TPSA) is 91.4 Å². The number of anilines is 1. The molecule has 6 heteroatoms. The van der Waals surface area contributed by atoms with Crippen molar-refractivity contribution in [3.05, 3.63) is 47.8 Å². The smallest absolute Gasteiger partial charge is 0.417 e. The third-order valence-corrected chi connectivity index (χ3v) is 2.48. The second-order valence-electron chi connectivity index (χ2n) is 3.84. The summed E-state index contributed by atoms with van der Waals surface area (Å²) in [6.07, 6.45) is 0.665. The predicted octanol–water partition coefficient (Wildman–Crippen LogP) is 2.63. The Kier molecular flexibility index (Phi) is 3.51. The van der Waals surface area contributed by atoms with Crippen LogP contribution in [0.4, 0.5) is 10.5 Å². The predicted molar refractivity (Wildman–Crippen MR) is 68.6 cm³/mol. The number of aromatic amines is 1. The zero-order chi connectivity index (χ0) is 13.8. The number of carboxylic acids is 1. The number of nitrogens with one attached hydrogen (secondary N) is 2. The van der Waals surface area contributed by atoms with E-state index in [1.54, 1.807) is 37.3 Å². The number of ether oxygens (including phenoxy) is 1. The SMILES string of the molecule is Cc1[nH]cc(NC(=O)Oc2ccccc2)c1C(=O)O. The van der Waals surface area contributed by atoms with Crippen molar-refractivity contribution in [2.75, 3.05) is 5.32 Å². The number of aromatic carboxylic acids is 1. The summed E-state index contributed by atoms with van der Waals surface area (Å²) in [4.78, 5) is 25.4. The van der Waals surface area contributed by atoms with Crippen LogP contribution in [0.2, 0.25) is 0 Å². The van der Waals surface area contributed by atoms with E-state index in [1.807, 2.05) is 0 Å². The molecule has 98 valence electrons. The number of carbonyl (C=O) groups is 2. The van der Waals surface area contributed by atoms with Gasteiger partial charge in [-0.2, -0.15) is 0 Å². The molecule has 6 nitrogen and oxygen atoms in total. The Morgan fingerprint density at radius 2 is 1.95 bits per heavy atom. The average Bonchev–Trinajstić information content (AvgIpc) is 2.71. The summed E-state index contributed by atoms with van der Waals surface area (Å²) < 4.78 is 5.01. The highest BCUT2D eigenvalue weighted by Crippen LogP contribution is 2.19. The molecule has 0 aliphatic heterocycles. The van der Waals surface area contributed by atoms with Crippen LogP contribution in [0.3, 0.4) is 0 Å². The minimum Gasteiger partial charge on any atom is -0.478 e. The molecular formula is C13H12N2O4. The average molecular weight is 260 g/mol. The molecule has 1 heterocycles. The van der Waals surface area contributed by atoms with Crippen LogP contribution < -0.4 is 10.1 Å².